The van der Waals surface area contributed by atoms with Crippen molar-refractivity contribution in [3.8, 4) is 0 Å². The fraction of sp³-hybridized carbons (Fsp3) is 0.143. The van der Waals surface area contributed by atoms with Crippen LogP contribution in [-0.4, -0.2) is 18.1 Å². The summed E-state index contributed by atoms with van der Waals surface area (Å²) in [5.74, 6) is -0.833. The molecule has 0 fully saturated rings. The van der Waals surface area contributed by atoms with Gasteiger partial charge >= 0.3 is 5.97 Å². The lowest BCUT2D eigenvalue weighted by atomic mass is 10.1. The van der Waals surface area contributed by atoms with Gasteiger partial charge in [-0.05, 0) is 24.6 Å². The number of nitrogens with one attached hydrogen (secondary N) is 1. The summed E-state index contributed by atoms with van der Waals surface area (Å²) in [7, 11) is 1.25. The minimum atomic E-state index is -0.596. The summed E-state index contributed by atoms with van der Waals surface area (Å²) in [5, 5.41) is 2.81. The lowest BCUT2D eigenvalue weighted by Crippen LogP contribution is -2.09. The van der Waals surface area contributed by atoms with Gasteiger partial charge in [-0.1, -0.05) is 12.1 Å². The number of nitrogens with two attached hydrogens (primary N) is 1. The summed E-state index contributed by atoms with van der Waals surface area (Å²) in [4.78, 5) is 15.7. The molecule has 6 heteroatoms. The molecule has 2 aromatic rings. The molecular weight excluding hydrogens is 261 g/mol. The molecule has 20 heavy (non-hydrogen) atoms. The smallest absolute Gasteiger partial charge is 0.341 e. The first-order valence-corrected chi connectivity index (χ1v) is 5.89. The fourth-order valence-electron chi connectivity index (χ4n) is 1.75. The number of carbonyl (C=O) groups excluding carboxylic acids is 1. The lowest BCUT2D eigenvalue weighted by Gasteiger charge is -2.13. The highest BCUT2D eigenvalue weighted by Crippen LogP contribution is 2.25. The summed E-state index contributed by atoms with van der Waals surface area (Å²) in [6.07, 6.45) is 1.38. The number of aromatic nitrogens is 1. The number of carbonyl (C=O) groups is 1. The predicted molar refractivity (Wildman–Crippen MR) is 74.4 cm³/mol. The van der Waals surface area contributed by atoms with Crippen molar-refractivity contribution in [2.75, 3.05) is 18.2 Å². The number of nitrogen functional groups attached to an aromatic ring is 1. The fourth-order valence-corrected chi connectivity index (χ4v) is 1.75. The molecule has 1 heterocycles. The Morgan fingerprint density at radius 1 is 1.45 bits per heavy atom. The SMILES string of the molecule is COC(=O)c1cc(N)cnc1Nc1c(C)cccc1F. The average molecular weight is 275 g/mol. The number of para-hydroxylation sites is 1. The summed E-state index contributed by atoms with van der Waals surface area (Å²) >= 11 is 0. The summed E-state index contributed by atoms with van der Waals surface area (Å²) in [6, 6.07) is 6.11. The highest BCUT2D eigenvalue weighted by atomic mass is 19.1. The number of ether oxygens (including phenoxy) is 1. The van der Waals surface area contributed by atoms with Crippen molar-refractivity contribution in [3.05, 3.63) is 47.4 Å². The van der Waals surface area contributed by atoms with Crippen LogP contribution < -0.4 is 11.1 Å². The van der Waals surface area contributed by atoms with E-state index in [1.54, 1.807) is 19.1 Å². The highest BCUT2D eigenvalue weighted by Gasteiger charge is 2.16. The van der Waals surface area contributed by atoms with Crippen molar-refractivity contribution in [2.24, 2.45) is 0 Å². The lowest BCUT2D eigenvalue weighted by molar-refractivity contribution is 0.0601. The maximum Gasteiger partial charge on any atom is 0.341 e. The third-order valence-corrected chi connectivity index (χ3v) is 2.78. The van der Waals surface area contributed by atoms with Crippen molar-refractivity contribution in [1.29, 1.82) is 0 Å². The van der Waals surface area contributed by atoms with Crippen molar-refractivity contribution in [1.82, 2.24) is 4.98 Å². The molecule has 0 spiro atoms. The van der Waals surface area contributed by atoms with E-state index in [1.165, 1.54) is 25.4 Å². The second-order valence-corrected chi connectivity index (χ2v) is 4.21. The van der Waals surface area contributed by atoms with E-state index in [0.29, 0.717) is 11.3 Å². The van der Waals surface area contributed by atoms with Crippen LogP contribution in [0.1, 0.15) is 15.9 Å². The van der Waals surface area contributed by atoms with Crippen LogP contribution in [0, 0.1) is 12.7 Å². The number of esters is 1. The Bertz CT molecular complexity index is 639. The first kappa shape index (κ1) is 13.8. The van der Waals surface area contributed by atoms with E-state index >= 15 is 0 Å². The zero-order valence-electron chi connectivity index (χ0n) is 11.1. The first-order chi connectivity index (χ1) is 9.52. The van der Waals surface area contributed by atoms with Gasteiger partial charge in [0.2, 0.25) is 0 Å². The van der Waals surface area contributed by atoms with Crippen LogP contribution in [0.15, 0.2) is 30.5 Å². The second kappa shape index (κ2) is 5.56. The number of halogens is 1. The third-order valence-electron chi connectivity index (χ3n) is 2.78. The zero-order chi connectivity index (χ0) is 14.7. The van der Waals surface area contributed by atoms with Crippen molar-refractivity contribution in [2.45, 2.75) is 6.92 Å². The topological polar surface area (TPSA) is 77.2 Å². The molecule has 5 nitrogen and oxygen atoms in total. The third kappa shape index (κ3) is 2.69. The van der Waals surface area contributed by atoms with Crippen LogP contribution in [-0.2, 0) is 4.74 Å². The Balaban J connectivity index is 2.46. The molecule has 104 valence electrons. The molecule has 0 aliphatic carbocycles. The van der Waals surface area contributed by atoms with Gasteiger partial charge in [0.25, 0.3) is 0 Å². The molecule has 3 N–H and O–H groups in total. The first-order valence-electron chi connectivity index (χ1n) is 5.89. The van der Waals surface area contributed by atoms with Gasteiger partial charge in [0, 0.05) is 0 Å². The Kier molecular flexibility index (Phi) is 3.84. The largest absolute Gasteiger partial charge is 0.465 e. The molecule has 0 radical (unpaired) electrons. The van der Waals surface area contributed by atoms with E-state index in [0.717, 1.165) is 0 Å². The van der Waals surface area contributed by atoms with Crippen molar-refractivity contribution in [3.63, 3.8) is 0 Å². The standard InChI is InChI=1S/C14H14FN3O2/c1-8-4-3-5-11(15)12(8)18-13-10(14(19)20-2)6-9(16)7-17-13/h3-7H,16H2,1-2H3,(H,17,18). The van der Waals surface area contributed by atoms with Crippen LogP contribution in [0.2, 0.25) is 0 Å². The highest BCUT2D eigenvalue weighted by molar-refractivity contribution is 5.96. The minimum absolute atomic E-state index is 0.148. The van der Waals surface area contributed by atoms with Crippen LogP contribution in [0.3, 0.4) is 0 Å². The molecule has 0 aliphatic heterocycles. The maximum atomic E-state index is 13.8. The number of anilines is 3. The quantitative estimate of drug-likeness (QED) is 0.842. The van der Waals surface area contributed by atoms with E-state index in [2.05, 4.69) is 15.0 Å². The van der Waals surface area contributed by atoms with E-state index in [9.17, 15) is 9.18 Å². The van der Waals surface area contributed by atoms with E-state index in [-0.39, 0.29) is 17.1 Å². The van der Waals surface area contributed by atoms with E-state index < -0.39 is 11.8 Å². The molecule has 0 bridgehead atoms. The van der Waals surface area contributed by atoms with Gasteiger partial charge in [-0.15, -0.1) is 0 Å². The summed E-state index contributed by atoms with van der Waals surface area (Å²) in [5.41, 5.74) is 7.02. The van der Waals surface area contributed by atoms with Crippen molar-refractivity contribution < 1.29 is 13.9 Å². The average Bonchev–Trinajstić information content (AvgIpc) is 2.43. The number of rotatable bonds is 3. The number of pyridine rings is 1. The van der Waals surface area contributed by atoms with Gasteiger partial charge in [-0.25, -0.2) is 14.2 Å². The van der Waals surface area contributed by atoms with Crippen LogP contribution in [0.25, 0.3) is 0 Å². The maximum absolute atomic E-state index is 13.8. The Morgan fingerprint density at radius 3 is 2.85 bits per heavy atom. The number of aryl methyl sites for hydroxylation is 1. The molecule has 0 saturated heterocycles. The molecule has 0 amide bonds. The van der Waals surface area contributed by atoms with Gasteiger partial charge in [0.15, 0.2) is 0 Å². The summed E-state index contributed by atoms with van der Waals surface area (Å²) < 4.78 is 18.5. The number of methoxy groups -OCH3 is 1. The zero-order valence-corrected chi connectivity index (χ0v) is 11.1. The molecule has 0 atom stereocenters. The van der Waals surface area contributed by atoms with Gasteiger partial charge in [0.05, 0.1) is 24.7 Å². The van der Waals surface area contributed by atoms with Crippen LogP contribution in [0.5, 0.6) is 0 Å². The monoisotopic (exact) mass is 275 g/mol. The van der Waals surface area contributed by atoms with E-state index in [1.807, 2.05) is 0 Å². The number of benzene rings is 1. The molecule has 1 aromatic heterocycles. The van der Waals surface area contributed by atoms with Gasteiger partial charge < -0.3 is 15.8 Å². The van der Waals surface area contributed by atoms with Gasteiger partial charge in [0.1, 0.15) is 17.2 Å². The molecular formula is C14H14FN3O2. The normalized spacial score (nSPS) is 10.2. The molecule has 0 unspecified atom stereocenters. The number of hydrogen-bond donors (Lipinski definition) is 2. The Morgan fingerprint density at radius 2 is 2.20 bits per heavy atom. The summed E-state index contributed by atoms with van der Waals surface area (Å²) in [6.45, 7) is 1.75. The molecule has 0 aliphatic rings. The van der Waals surface area contributed by atoms with Crippen molar-refractivity contribution >= 4 is 23.2 Å². The van der Waals surface area contributed by atoms with Gasteiger partial charge in [-0.2, -0.15) is 0 Å². The minimum Gasteiger partial charge on any atom is -0.465 e. The molecule has 2 rings (SSSR count). The van der Waals surface area contributed by atoms with Gasteiger partial charge in [-0.3, -0.25) is 0 Å². The Labute approximate surface area is 115 Å². The predicted octanol–water partition coefficient (Wildman–Crippen LogP) is 2.64. The number of hydrogen-bond acceptors (Lipinski definition) is 5. The van der Waals surface area contributed by atoms with Crippen LogP contribution in [0.4, 0.5) is 21.6 Å². The second-order valence-electron chi connectivity index (χ2n) is 4.21. The molecule has 1 aromatic carbocycles. The molecule has 0 saturated carbocycles. The van der Waals surface area contributed by atoms with Crippen LogP contribution >= 0.6 is 0 Å². The number of nitrogens with zero attached hydrogens (tertiary/aromatic N) is 1. The Hall–Kier alpha value is -2.63. The van der Waals surface area contributed by atoms with E-state index in [4.69, 9.17) is 5.73 Å².